The van der Waals surface area contributed by atoms with Gasteiger partial charge in [-0.05, 0) is 19.8 Å². The first-order chi connectivity index (χ1) is 4.81. The van der Waals surface area contributed by atoms with Gasteiger partial charge in [0.2, 0.25) is 0 Å². The molecule has 0 amide bonds. The van der Waals surface area contributed by atoms with Crippen LogP contribution in [0.25, 0.3) is 0 Å². The summed E-state index contributed by atoms with van der Waals surface area (Å²) in [5.41, 5.74) is 0. The third kappa shape index (κ3) is 5.61. The maximum Gasteiger partial charge on any atom is 0.0771 e. The van der Waals surface area contributed by atoms with Gasteiger partial charge in [-0.3, -0.25) is 0 Å². The van der Waals surface area contributed by atoms with Crippen LogP contribution in [0, 0.1) is 11.8 Å². The van der Waals surface area contributed by atoms with E-state index in [1.165, 1.54) is 0 Å². The van der Waals surface area contributed by atoms with E-state index in [9.17, 15) is 0 Å². The first kappa shape index (κ1) is 9.48. The Morgan fingerprint density at radius 3 is 2.70 bits per heavy atom. The molecule has 0 aliphatic carbocycles. The Morgan fingerprint density at radius 2 is 2.20 bits per heavy atom. The van der Waals surface area contributed by atoms with Gasteiger partial charge in [0, 0.05) is 6.42 Å². The molecule has 0 bridgehead atoms. The van der Waals surface area contributed by atoms with Gasteiger partial charge in [-0.25, -0.2) is 0 Å². The minimum atomic E-state index is -0.557. The second kappa shape index (κ2) is 6.60. The minimum absolute atomic E-state index is 0.139. The molecule has 1 unspecified atom stereocenters. The van der Waals surface area contributed by atoms with Crippen molar-refractivity contribution < 1.29 is 10.2 Å². The second-order valence-corrected chi connectivity index (χ2v) is 2.16. The fraction of sp³-hybridized carbons (Fsp3) is 0.750. The van der Waals surface area contributed by atoms with Gasteiger partial charge in [-0.2, -0.15) is 0 Å². The maximum atomic E-state index is 8.86. The van der Waals surface area contributed by atoms with Crippen LogP contribution in [-0.2, 0) is 0 Å². The van der Waals surface area contributed by atoms with Crippen LogP contribution >= 0.6 is 0 Å². The Bertz CT molecular complexity index is 121. The number of aliphatic hydroxyl groups excluding tert-OH is 2. The number of hydrogen-bond donors (Lipinski definition) is 2. The Labute approximate surface area is 61.9 Å². The molecule has 0 saturated heterocycles. The third-order valence-electron chi connectivity index (χ3n) is 1.23. The molecule has 0 rings (SSSR count). The van der Waals surface area contributed by atoms with E-state index in [0.29, 0.717) is 6.42 Å². The van der Waals surface area contributed by atoms with Crippen LogP contribution < -0.4 is 0 Å². The van der Waals surface area contributed by atoms with Gasteiger partial charge in [-0.1, -0.05) is 0 Å². The molecule has 2 N–H and O–H groups in total. The summed E-state index contributed by atoms with van der Waals surface area (Å²) >= 11 is 0. The highest BCUT2D eigenvalue weighted by Gasteiger charge is 1.98. The molecule has 0 radical (unpaired) electrons. The predicted octanol–water partition coefficient (Wildman–Crippen LogP) is 0.533. The molecule has 10 heavy (non-hydrogen) atoms. The summed E-state index contributed by atoms with van der Waals surface area (Å²) in [6, 6.07) is 0. The van der Waals surface area contributed by atoms with Crippen molar-refractivity contribution in [3.63, 3.8) is 0 Å². The van der Waals surface area contributed by atoms with E-state index in [1.807, 2.05) is 0 Å². The standard InChI is InChI=1S/C8H14O2/c1-2-3-4-5-6-8(10)7-9/h8-10H,4-7H2,1H3. The van der Waals surface area contributed by atoms with Crippen LogP contribution in [0.2, 0.25) is 0 Å². The Balaban J connectivity index is 3.08. The van der Waals surface area contributed by atoms with Gasteiger partial charge in [0.05, 0.1) is 12.7 Å². The molecular weight excluding hydrogens is 128 g/mol. The fourth-order valence-electron chi connectivity index (χ4n) is 0.642. The molecular formula is C8H14O2. The fourth-order valence-corrected chi connectivity index (χ4v) is 0.642. The van der Waals surface area contributed by atoms with Crippen molar-refractivity contribution in [1.82, 2.24) is 0 Å². The lowest BCUT2D eigenvalue weighted by atomic mass is 10.2. The molecule has 1 atom stereocenters. The van der Waals surface area contributed by atoms with Gasteiger partial charge in [0.25, 0.3) is 0 Å². The van der Waals surface area contributed by atoms with Gasteiger partial charge >= 0.3 is 0 Å². The summed E-state index contributed by atoms with van der Waals surface area (Å²) in [6.07, 6.45) is 1.76. The third-order valence-corrected chi connectivity index (χ3v) is 1.23. The predicted molar refractivity (Wildman–Crippen MR) is 40.4 cm³/mol. The summed E-state index contributed by atoms with van der Waals surface area (Å²) < 4.78 is 0. The zero-order valence-electron chi connectivity index (χ0n) is 6.30. The quantitative estimate of drug-likeness (QED) is 0.444. The van der Waals surface area contributed by atoms with Crippen LogP contribution in [0.3, 0.4) is 0 Å². The lowest BCUT2D eigenvalue weighted by Gasteiger charge is -2.02. The van der Waals surface area contributed by atoms with E-state index in [-0.39, 0.29) is 6.61 Å². The number of aliphatic hydroxyl groups is 2. The van der Waals surface area contributed by atoms with Crippen molar-refractivity contribution in [2.45, 2.75) is 32.3 Å². The Hall–Kier alpha value is -0.520. The van der Waals surface area contributed by atoms with Crippen molar-refractivity contribution >= 4 is 0 Å². The minimum Gasteiger partial charge on any atom is -0.394 e. The van der Waals surface area contributed by atoms with Crippen LogP contribution in [-0.4, -0.2) is 22.9 Å². The summed E-state index contributed by atoms with van der Waals surface area (Å²) in [5, 5.41) is 17.3. The average molecular weight is 142 g/mol. The first-order valence-corrected chi connectivity index (χ1v) is 3.49. The molecule has 0 aromatic heterocycles. The van der Waals surface area contributed by atoms with Crippen LogP contribution in [0.4, 0.5) is 0 Å². The van der Waals surface area contributed by atoms with Crippen molar-refractivity contribution in [3.8, 4) is 11.8 Å². The molecule has 0 aromatic carbocycles. The van der Waals surface area contributed by atoms with Crippen molar-refractivity contribution in [3.05, 3.63) is 0 Å². The number of unbranched alkanes of at least 4 members (excludes halogenated alkanes) is 1. The summed E-state index contributed by atoms with van der Waals surface area (Å²) in [5.74, 6) is 5.65. The van der Waals surface area contributed by atoms with Crippen LogP contribution in [0.5, 0.6) is 0 Å². The molecule has 2 nitrogen and oxygen atoms in total. The van der Waals surface area contributed by atoms with Gasteiger partial charge in [0.1, 0.15) is 0 Å². The average Bonchev–Trinajstić information content (AvgIpc) is 1.98. The van der Waals surface area contributed by atoms with Gasteiger partial charge < -0.3 is 10.2 Å². The highest BCUT2D eigenvalue weighted by atomic mass is 16.3. The second-order valence-electron chi connectivity index (χ2n) is 2.16. The molecule has 0 saturated carbocycles. The molecule has 0 aliphatic heterocycles. The zero-order chi connectivity index (χ0) is 7.82. The molecule has 0 spiro atoms. The molecule has 0 aromatic rings. The Morgan fingerprint density at radius 1 is 1.50 bits per heavy atom. The normalized spacial score (nSPS) is 11.9. The summed E-state index contributed by atoms with van der Waals surface area (Å²) in [6.45, 7) is 1.65. The zero-order valence-corrected chi connectivity index (χ0v) is 6.30. The van der Waals surface area contributed by atoms with Gasteiger partial charge in [0.15, 0.2) is 0 Å². The highest BCUT2D eigenvalue weighted by Crippen LogP contribution is 1.98. The van der Waals surface area contributed by atoms with Crippen molar-refractivity contribution in [1.29, 1.82) is 0 Å². The lowest BCUT2D eigenvalue weighted by molar-refractivity contribution is 0.0870. The topological polar surface area (TPSA) is 40.5 Å². The van der Waals surface area contributed by atoms with Crippen molar-refractivity contribution in [2.75, 3.05) is 6.61 Å². The summed E-state index contributed by atoms with van der Waals surface area (Å²) in [7, 11) is 0. The van der Waals surface area contributed by atoms with E-state index in [2.05, 4.69) is 11.8 Å². The largest absolute Gasteiger partial charge is 0.394 e. The van der Waals surface area contributed by atoms with E-state index in [1.54, 1.807) is 6.92 Å². The molecule has 0 fully saturated rings. The van der Waals surface area contributed by atoms with E-state index < -0.39 is 6.10 Å². The van der Waals surface area contributed by atoms with Crippen LogP contribution in [0.1, 0.15) is 26.2 Å². The number of rotatable bonds is 4. The van der Waals surface area contributed by atoms with Gasteiger partial charge in [-0.15, -0.1) is 11.8 Å². The van der Waals surface area contributed by atoms with E-state index in [0.717, 1.165) is 12.8 Å². The van der Waals surface area contributed by atoms with Crippen LogP contribution in [0.15, 0.2) is 0 Å². The molecule has 2 heteroatoms. The maximum absolute atomic E-state index is 8.86. The van der Waals surface area contributed by atoms with Crippen molar-refractivity contribution in [2.24, 2.45) is 0 Å². The monoisotopic (exact) mass is 142 g/mol. The lowest BCUT2D eigenvalue weighted by Crippen LogP contribution is -2.10. The molecule has 0 heterocycles. The highest BCUT2D eigenvalue weighted by molar-refractivity contribution is 4.94. The molecule has 0 aliphatic rings. The Kier molecular flexibility index (Phi) is 6.25. The SMILES string of the molecule is CC#CCCCC(O)CO. The smallest absolute Gasteiger partial charge is 0.0771 e. The summed E-state index contributed by atoms with van der Waals surface area (Å²) in [4.78, 5) is 0. The molecule has 58 valence electrons. The first-order valence-electron chi connectivity index (χ1n) is 3.49. The number of hydrogen-bond acceptors (Lipinski definition) is 2. The van der Waals surface area contributed by atoms with E-state index >= 15 is 0 Å². The van der Waals surface area contributed by atoms with E-state index in [4.69, 9.17) is 10.2 Å².